The van der Waals surface area contributed by atoms with Gasteiger partial charge in [0.15, 0.2) is 0 Å². The molecule has 1 heterocycles. The highest BCUT2D eigenvalue weighted by molar-refractivity contribution is 7.11. The van der Waals surface area contributed by atoms with Crippen LogP contribution in [0.5, 0.6) is 5.75 Å². The summed E-state index contributed by atoms with van der Waals surface area (Å²) in [7, 11) is 0. The monoisotopic (exact) mass is 261 g/mol. The average Bonchev–Trinajstić information content (AvgIpc) is 2.78. The maximum absolute atomic E-state index is 9.88. The first-order valence-electron chi connectivity index (χ1n) is 6.27. The Kier molecular flexibility index (Phi) is 4.39. The van der Waals surface area contributed by atoms with Crippen molar-refractivity contribution in [2.75, 3.05) is 0 Å². The molecule has 0 aliphatic rings. The minimum atomic E-state index is 0.202. The first kappa shape index (κ1) is 13.1. The van der Waals surface area contributed by atoms with E-state index in [0.717, 1.165) is 18.5 Å². The number of hydrogen-bond acceptors (Lipinski definition) is 3. The highest BCUT2D eigenvalue weighted by Gasteiger charge is 2.12. The molecule has 0 fully saturated rings. The topological polar surface area (TPSA) is 32.3 Å². The van der Waals surface area contributed by atoms with Crippen LogP contribution < -0.4 is 5.32 Å². The molecule has 2 nitrogen and oxygen atoms in total. The van der Waals surface area contributed by atoms with E-state index in [2.05, 4.69) is 31.3 Å². The zero-order valence-electron chi connectivity index (χ0n) is 10.8. The Morgan fingerprint density at radius 1 is 1.22 bits per heavy atom. The van der Waals surface area contributed by atoms with Crippen LogP contribution in [0.25, 0.3) is 0 Å². The lowest BCUT2D eigenvalue weighted by atomic mass is 10.0. The predicted octanol–water partition coefficient (Wildman–Crippen LogP) is 4.00. The number of thiophene rings is 1. The molecule has 18 heavy (non-hydrogen) atoms. The van der Waals surface area contributed by atoms with Crippen LogP contribution in [0.3, 0.4) is 0 Å². The maximum Gasteiger partial charge on any atom is 0.120 e. The van der Waals surface area contributed by atoms with E-state index < -0.39 is 0 Å². The lowest BCUT2D eigenvalue weighted by molar-refractivity contribution is 0.441. The fourth-order valence-electron chi connectivity index (χ4n) is 2.06. The lowest BCUT2D eigenvalue weighted by Gasteiger charge is -2.18. The highest BCUT2D eigenvalue weighted by Crippen LogP contribution is 2.26. The molecule has 1 aromatic carbocycles. The van der Waals surface area contributed by atoms with Crippen molar-refractivity contribution in [1.29, 1.82) is 0 Å². The van der Waals surface area contributed by atoms with Crippen LogP contribution in [-0.4, -0.2) is 5.11 Å². The van der Waals surface area contributed by atoms with E-state index in [0.29, 0.717) is 5.75 Å². The van der Waals surface area contributed by atoms with Gasteiger partial charge in [0.05, 0.1) is 0 Å². The molecular weight excluding hydrogens is 242 g/mol. The van der Waals surface area contributed by atoms with Crippen LogP contribution in [0.4, 0.5) is 0 Å². The minimum absolute atomic E-state index is 0.202. The van der Waals surface area contributed by atoms with E-state index in [1.54, 1.807) is 6.07 Å². The van der Waals surface area contributed by atoms with Crippen molar-refractivity contribution < 1.29 is 5.11 Å². The largest absolute Gasteiger partial charge is 0.508 e. The number of rotatable bonds is 5. The SMILES string of the molecule is CCC(NCc1ccc(C)s1)c1ccccc1O. The number of phenolic OH excluding ortho intramolecular Hbond substituents is 1. The number of aromatic hydroxyl groups is 1. The summed E-state index contributed by atoms with van der Waals surface area (Å²) in [5.41, 5.74) is 0.980. The van der Waals surface area contributed by atoms with Gasteiger partial charge in [0.1, 0.15) is 5.75 Å². The molecule has 0 amide bonds. The molecule has 0 aliphatic carbocycles. The van der Waals surface area contributed by atoms with E-state index in [1.807, 2.05) is 29.5 Å². The lowest BCUT2D eigenvalue weighted by Crippen LogP contribution is -2.19. The molecule has 0 spiro atoms. The Morgan fingerprint density at radius 3 is 2.61 bits per heavy atom. The zero-order valence-corrected chi connectivity index (χ0v) is 11.6. The van der Waals surface area contributed by atoms with Crippen molar-refractivity contribution >= 4 is 11.3 Å². The third-order valence-electron chi connectivity index (χ3n) is 3.04. The molecule has 0 saturated heterocycles. The molecule has 1 unspecified atom stereocenters. The third-order valence-corrected chi connectivity index (χ3v) is 4.04. The first-order chi connectivity index (χ1) is 8.70. The van der Waals surface area contributed by atoms with Crippen molar-refractivity contribution in [2.24, 2.45) is 0 Å². The van der Waals surface area contributed by atoms with Gasteiger partial charge in [0, 0.05) is 27.9 Å². The van der Waals surface area contributed by atoms with Crippen molar-refractivity contribution in [3.63, 3.8) is 0 Å². The normalized spacial score (nSPS) is 12.6. The van der Waals surface area contributed by atoms with Gasteiger partial charge < -0.3 is 10.4 Å². The second-order valence-corrected chi connectivity index (χ2v) is 5.79. The van der Waals surface area contributed by atoms with Crippen LogP contribution in [0.15, 0.2) is 36.4 Å². The summed E-state index contributed by atoms with van der Waals surface area (Å²) in [6.07, 6.45) is 0.960. The maximum atomic E-state index is 9.88. The molecule has 2 rings (SSSR count). The van der Waals surface area contributed by atoms with Crippen LogP contribution >= 0.6 is 11.3 Å². The number of hydrogen-bond donors (Lipinski definition) is 2. The number of benzene rings is 1. The molecule has 1 atom stereocenters. The second kappa shape index (κ2) is 6.03. The Morgan fingerprint density at radius 2 is 2.00 bits per heavy atom. The number of para-hydroxylation sites is 1. The van der Waals surface area contributed by atoms with Crippen molar-refractivity contribution in [1.82, 2.24) is 5.32 Å². The fraction of sp³-hybridized carbons (Fsp3) is 0.333. The summed E-state index contributed by atoms with van der Waals surface area (Å²) >= 11 is 1.81. The zero-order chi connectivity index (χ0) is 13.0. The van der Waals surface area contributed by atoms with Crippen LogP contribution in [0.1, 0.15) is 34.7 Å². The standard InChI is InChI=1S/C15H19NOS/c1-3-14(13-6-4-5-7-15(13)17)16-10-12-9-8-11(2)18-12/h4-9,14,16-17H,3,10H2,1-2H3. The quantitative estimate of drug-likeness (QED) is 0.852. The summed E-state index contributed by atoms with van der Waals surface area (Å²) in [5.74, 6) is 0.374. The Balaban J connectivity index is 2.04. The van der Waals surface area contributed by atoms with Crippen LogP contribution in [-0.2, 0) is 6.54 Å². The van der Waals surface area contributed by atoms with E-state index in [-0.39, 0.29) is 6.04 Å². The molecular formula is C15H19NOS. The van der Waals surface area contributed by atoms with Crippen molar-refractivity contribution in [3.8, 4) is 5.75 Å². The summed E-state index contributed by atoms with van der Waals surface area (Å²) in [6.45, 7) is 5.10. The van der Waals surface area contributed by atoms with Gasteiger partial charge in [-0.25, -0.2) is 0 Å². The van der Waals surface area contributed by atoms with Gasteiger partial charge in [-0.2, -0.15) is 0 Å². The number of phenols is 1. The third kappa shape index (κ3) is 3.12. The molecule has 0 bridgehead atoms. The molecule has 2 N–H and O–H groups in total. The Bertz CT molecular complexity index is 507. The fourth-order valence-corrected chi connectivity index (χ4v) is 2.90. The molecule has 0 radical (unpaired) electrons. The van der Waals surface area contributed by atoms with Gasteiger partial charge in [-0.15, -0.1) is 11.3 Å². The van der Waals surface area contributed by atoms with Crippen LogP contribution in [0.2, 0.25) is 0 Å². The predicted molar refractivity (Wildman–Crippen MR) is 77.0 cm³/mol. The summed E-state index contributed by atoms with van der Waals surface area (Å²) in [6, 6.07) is 12.1. The smallest absolute Gasteiger partial charge is 0.120 e. The van der Waals surface area contributed by atoms with Gasteiger partial charge in [0.25, 0.3) is 0 Å². The van der Waals surface area contributed by atoms with Gasteiger partial charge in [0.2, 0.25) is 0 Å². The molecule has 96 valence electrons. The van der Waals surface area contributed by atoms with Crippen molar-refractivity contribution in [3.05, 3.63) is 51.7 Å². The first-order valence-corrected chi connectivity index (χ1v) is 7.09. The molecule has 3 heteroatoms. The van der Waals surface area contributed by atoms with Gasteiger partial charge in [-0.3, -0.25) is 0 Å². The van der Waals surface area contributed by atoms with E-state index in [1.165, 1.54) is 9.75 Å². The number of nitrogens with one attached hydrogen (secondary N) is 1. The molecule has 2 aromatic rings. The molecule has 0 aliphatic heterocycles. The summed E-state index contributed by atoms with van der Waals surface area (Å²) < 4.78 is 0. The van der Waals surface area contributed by atoms with E-state index in [4.69, 9.17) is 0 Å². The van der Waals surface area contributed by atoms with Gasteiger partial charge in [-0.1, -0.05) is 25.1 Å². The van der Waals surface area contributed by atoms with E-state index >= 15 is 0 Å². The highest BCUT2D eigenvalue weighted by atomic mass is 32.1. The molecule has 0 saturated carbocycles. The summed E-state index contributed by atoms with van der Waals surface area (Å²) in [4.78, 5) is 2.67. The average molecular weight is 261 g/mol. The number of aryl methyl sites for hydroxylation is 1. The van der Waals surface area contributed by atoms with Crippen LogP contribution in [0, 0.1) is 6.92 Å². The Labute approximate surface area is 112 Å². The van der Waals surface area contributed by atoms with E-state index in [9.17, 15) is 5.11 Å². The van der Waals surface area contributed by atoms with Gasteiger partial charge >= 0.3 is 0 Å². The minimum Gasteiger partial charge on any atom is -0.508 e. The summed E-state index contributed by atoms with van der Waals surface area (Å²) in [5, 5.41) is 13.4. The van der Waals surface area contributed by atoms with Gasteiger partial charge in [-0.05, 0) is 31.5 Å². The van der Waals surface area contributed by atoms with Crippen molar-refractivity contribution in [2.45, 2.75) is 32.9 Å². The molecule has 1 aromatic heterocycles. The Hall–Kier alpha value is -1.32. The second-order valence-electron chi connectivity index (χ2n) is 4.41.